The molecule has 2 aromatic heterocycles. The first kappa shape index (κ1) is 18.8. The molecule has 0 unspecified atom stereocenters. The van der Waals surface area contributed by atoms with Crippen LogP contribution in [0.15, 0.2) is 21.7 Å². The highest BCUT2D eigenvalue weighted by Gasteiger charge is 2.32. The first-order valence-corrected chi connectivity index (χ1v) is 10.6. The number of aromatic nitrogens is 1. The number of aryl methyl sites for hydroxylation is 1. The number of carbonyl (C=O) groups excluding carboxylic acids is 2. The number of piperazine rings is 1. The molecule has 9 heteroatoms. The van der Waals surface area contributed by atoms with Gasteiger partial charge in [0.25, 0.3) is 15.9 Å². The maximum atomic E-state index is 12.8. The number of nitrogens with zero attached hydrogens (tertiary/aromatic N) is 2. The summed E-state index contributed by atoms with van der Waals surface area (Å²) in [7, 11) is -3.49. The minimum atomic E-state index is -3.49. The van der Waals surface area contributed by atoms with Gasteiger partial charge in [0.05, 0.1) is 0 Å². The average molecular weight is 396 g/mol. The lowest BCUT2D eigenvalue weighted by molar-refractivity contribution is 0.0692. The summed E-state index contributed by atoms with van der Waals surface area (Å²) in [5, 5.41) is 1.73. The van der Waals surface area contributed by atoms with Gasteiger partial charge in [0.1, 0.15) is 9.90 Å². The highest BCUT2D eigenvalue weighted by atomic mass is 32.2. The van der Waals surface area contributed by atoms with Crippen LogP contribution in [0.2, 0.25) is 0 Å². The summed E-state index contributed by atoms with van der Waals surface area (Å²) in [5.74, 6) is -0.284. The standard InChI is InChI=1S/C17H21N3O4S2/c1-11-15(13(3)21)12(2)18-16(11)17(22)19-6-8-20(9-7-19)26(23,24)14-5-4-10-25-14/h4-5,10,18H,6-9H2,1-3H3. The van der Waals surface area contributed by atoms with Crippen LogP contribution in [0.25, 0.3) is 0 Å². The zero-order valence-electron chi connectivity index (χ0n) is 14.9. The Hall–Kier alpha value is -1.97. The predicted octanol–water partition coefficient (Wildman–Crippen LogP) is 2.04. The molecule has 1 aliphatic rings. The van der Waals surface area contributed by atoms with Crippen molar-refractivity contribution in [2.45, 2.75) is 25.0 Å². The Morgan fingerprint density at radius 1 is 1.15 bits per heavy atom. The fourth-order valence-electron chi connectivity index (χ4n) is 3.32. The third-order valence-electron chi connectivity index (χ3n) is 4.62. The Labute approximate surface area is 156 Å². The predicted molar refractivity (Wildman–Crippen MR) is 99.3 cm³/mol. The van der Waals surface area contributed by atoms with Crippen molar-refractivity contribution >= 4 is 33.1 Å². The molecule has 1 N–H and O–H groups in total. The number of thiophene rings is 1. The van der Waals surface area contributed by atoms with Gasteiger partial charge in [-0.25, -0.2) is 8.42 Å². The Bertz CT molecular complexity index is 937. The van der Waals surface area contributed by atoms with Crippen molar-refractivity contribution in [3.63, 3.8) is 0 Å². The van der Waals surface area contributed by atoms with Crippen LogP contribution in [0.4, 0.5) is 0 Å². The molecule has 3 rings (SSSR count). The van der Waals surface area contributed by atoms with E-state index < -0.39 is 10.0 Å². The van der Waals surface area contributed by atoms with E-state index in [2.05, 4.69) is 4.98 Å². The summed E-state index contributed by atoms with van der Waals surface area (Å²) in [6, 6.07) is 3.30. The van der Waals surface area contributed by atoms with Crippen molar-refractivity contribution in [2.75, 3.05) is 26.2 Å². The highest BCUT2D eigenvalue weighted by Crippen LogP contribution is 2.24. The zero-order chi connectivity index (χ0) is 19.1. The topological polar surface area (TPSA) is 90.6 Å². The minimum Gasteiger partial charge on any atom is -0.354 e. The van der Waals surface area contributed by atoms with E-state index in [1.807, 2.05) is 0 Å². The van der Waals surface area contributed by atoms with Crippen LogP contribution < -0.4 is 0 Å². The van der Waals surface area contributed by atoms with Crippen molar-refractivity contribution in [1.29, 1.82) is 0 Å². The second-order valence-electron chi connectivity index (χ2n) is 6.31. The quantitative estimate of drug-likeness (QED) is 0.802. The van der Waals surface area contributed by atoms with Crippen LogP contribution in [-0.4, -0.2) is 60.5 Å². The van der Waals surface area contributed by atoms with Crippen LogP contribution >= 0.6 is 11.3 Å². The molecule has 0 spiro atoms. The Morgan fingerprint density at radius 2 is 1.81 bits per heavy atom. The normalized spacial score (nSPS) is 16.0. The number of rotatable bonds is 4. The van der Waals surface area contributed by atoms with Gasteiger partial charge in [-0.1, -0.05) is 6.07 Å². The number of sulfonamides is 1. The Kier molecular flexibility index (Phi) is 5.05. The average Bonchev–Trinajstić information content (AvgIpc) is 3.23. The van der Waals surface area contributed by atoms with Gasteiger partial charge in [0.15, 0.2) is 5.78 Å². The summed E-state index contributed by atoms with van der Waals surface area (Å²) in [6.45, 7) is 6.14. The SMILES string of the molecule is CC(=O)c1c(C)[nH]c(C(=O)N2CCN(S(=O)(=O)c3cccs3)CC2)c1C. The molecule has 2 aromatic rings. The molecule has 1 fully saturated rings. The van der Waals surface area contributed by atoms with Crippen molar-refractivity contribution in [2.24, 2.45) is 0 Å². The molecule has 0 aliphatic carbocycles. The van der Waals surface area contributed by atoms with E-state index in [-0.39, 0.29) is 24.8 Å². The van der Waals surface area contributed by atoms with Crippen LogP contribution in [0.3, 0.4) is 0 Å². The van der Waals surface area contributed by atoms with Crippen LogP contribution in [0.5, 0.6) is 0 Å². The number of hydrogen-bond donors (Lipinski definition) is 1. The van der Waals surface area contributed by atoms with Gasteiger partial charge in [0.2, 0.25) is 0 Å². The van der Waals surface area contributed by atoms with Gasteiger partial charge in [-0.3, -0.25) is 9.59 Å². The Morgan fingerprint density at radius 3 is 2.31 bits per heavy atom. The largest absolute Gasteiger partial charge is 0.354 e. The number of carbonyl (C=O) groups is 2. The molecule has 1 aliphatic heterocycles. The van der Waals surface area contributed by atoms with Crippen LogP contribution in [0.1, 0.15) is 39.0 Å². The van der Waals surface area contributed by atoms with Gasteiger partial charge in [-0.15, -0.1) is 11.3 Å². The minimum absolute atomic E-state index is 0.0813. The monoisotopic (exact) mass is 395 g/mol. The summed E-state index contributed by atoms with van der Waals surface area (Å²) in [5.41, 5.74) is 2.28. The summed E-state index contributed by atoms with van der Waals surface area (Å²) < 4.78 is 26.9. The molecule has 0 radical (unpaired) electrons. The van der Waals surface area contributed by atoms with Gasteiger partial charge >= 0.3 is 0 Å². The van der Waals surface area contributed by atoms with E-state index in [4.69, 9.17) is 0 Å². The van der Waals surface area contributed by atoms with Crippen LogP contribution in [-0.2, 0) is 10.0 Å². The fourth-order valence-corrected chi connectivity index (χ4v) is 5.89. The number of aromatic amines is 1. The molecular formula is C17H21N3O4S2. The van der Waals surface area contributed by atoms with E-state index in [0.29, 0.717) is 39.8 Å². The molecule has 26 heavy (non-hydrogen) atoms. The van der Waals surface area contributed by atoms with Gasteiger partial charge in [-0.05, 0) is 37.8 Å². The van der Waals surface area contributed by atoms with Crippen LogP contribution in [0, 0.1) is 13.8 Å². The molecular weight excluding hydrogens is 374 g/mol. The van der Waals surface area contributed by atoms with Gasteiger partial charge < -0.3 is 9.88 Å². The first-order valence-electron chi connectivity index (χ1n) is 8.26. The Balaban J connectivity index is 1.74. The smallest absolute Gasteiger partial charge is 0.270 e. The van der Waals surface area contributed by atoms with Crippen molar-refractivity contribution < 1.29 is 18.0 Å². The molecule has 3 heterocycles. The fraction of sp³-hybridized carbons (Fsp3) is 0.412. The highest BCUT2D eigenvalue weighted by molar-refractivity contribution is 7.91. The maximum absolute atomic E-state index is 12.8. The van der Waals surface area contributed by atoms with Crippen molar-refractivity contribution in [1.82, 2.24) is 14.2 Å². The van der Waals surface area contributed by atoms with Gasteiger partial charge in [0, 0.05) is 37.4 Å². The number of nitrogens with one attached hydrogen (secondary N) is 1. The maximum Gasteiger partial charge on any atom is 0.270 e. The van der Waals surface area contributed by atoms with E-state index in [0.717, 1.165) is 0 Å². The van der Waals surface area contributed by atoms with E-state index >= 15 is 0 Å². The zero-order valence-corrected chi connectivity index (χ0v) is 16.5. The molecule has 0 saturated carbocycles. The summed E-state index contributed by atoms with van der Waals surface area (Å²) in [6.07, 6.45) is 0. The van der Waals surface area contributed by atoms with Crippen molar-refractivity contribution in [3.8, 4) is 0 Å². The van der Waals surface area contributed by atoms with Gasteiger partial charge in [-0.2, -0.15) is 4.31 Å². The molecule has 0 aromatic carbocycles. The second-order valence-corrected chi connectivity index (χ2v) is 9.42. The third kappa shape index (κ3) is 3.22. The second kappa shape index (κ2) is 6.98. The number of ketones is 1. The van der Waals surface area contributed by atoms with Crippen molar-refractivity contribution in [3.05, 3.63) is 40.0 Å². The summed E-state index contributed by atoms with van der Waals surface area (Å²) >= 11 is 1.19. The number of Topliss-reactive ketones (excluding diaryl/α,β-unsaturated/α-hetero) is 1. The third-order valence-corrected chi connectivity index (χ3v) is 7.89. The lowest BCUT2D eigenvalue weighted by Gasteiger charge is -2.33. The van der Waals surface area contributed by atoms with E-state index in [9.17, 15) is 18.0 Å². The molecule has 0 bridgehead atoms. The molecule has 0 atom stereocenters. The molecule has 1 saturated heterocycles. The number of H-pyrrole nitrogens is 1. The molecule has 1 amide bonds. The lowest BCUT2D eigenvalue weighted by Crippen LogP contribution is -2.50. The van der Waals surface area contributed by atoms with E-state index in [1.165, 1.54) is 22.6 Å². The molecule has 140 valence electrons. The molecule has 7 nitrogen and oxygen atoms in total. The van der Waals surface area contributed by atoms with E-state index in [1.54, 1.807) is 36.3 Å². The lowest BCUT2D eigenvalue weighted by atomic mass is 10.1. The number of amides is 1. The summed E-state index contributed by atoms with van der Waals surface area (Å²) in [4.78, 5) is 29.2. The first-order chi connectivity index (χ1) is 12.2. The number of hydrogen-bond acceptors (Lipinski definition) is 5.